The van der Waals surface area contributed by atoms with Gasteiger partial charge in [0.25, 0.3) is 5.69 Å². The Kier molecular flexibility index (Phi) is 4.28. The first-order valence-corrected chi connectivity index (χ1v) is 9.55. The van der Waals surface area contributed by atoms with E-state index in [4.69, 9.17) is 0 Å². The van der Waals surface area contributed by atoms with Gasteiger partial charge >= 0.3 is 0 Å². The molecule has 0 saturated heterocycles. The van der Waals surface area contributed by atoms with Crippen LogP contribution in [0.1, 0.15) is 17.5 Å². The van der Waals surface area contributed by atoms with Crippen LogP contribution in [0.2, 0.25) is 0 Å². The van der Waals surface area contributed by atoms with Crippen molar-refractivity contribution in [2.24, 2.45) is 0 Å². The van der Waals surface area contributed by atoms with Crippen LogP contribution in [0.5, 0.6) is 0 Å². The number of nitrogens with zero attached hydrogens (tertiary/aromatic N) is 2. The van der Waals surface area contributed by atoms with Gasteiger partial charge in [0.15, 0.2) is 9.84 Å². The van der Waals surface area contributed by atoms with Crippen molar-refractivity contribution in [3.63, 3.8) is 0 Å². The van der Waals surface area contributed by atoms with Crippen molar-refractivity contribution in [1.82, 2.24) is 0 Å². The lowest BCUT2D eigenvalue weighted by Gasteiger charge is -2.23. The Bertz CT molecular complexity index is 893. The highest BCUT2D eigenvalue weighted by Crippen LogP contribution is 2.31. The topological polar surface area (TPSA) is 80.5 Å². The predicted molar refractivity (Wildman–Crippen MR) is 92.0 cm³/mol. The minimum atomic E-state index is -3.68. The third-order valence-corrected chi connectivity index (χ3v) is 5.38. The van der Waals surface area contributed by atoms with E-state index in [1.165, 1.54) is 23.3 Å². The number of rotatable bonds is 3. The highest BCUT2D eigenvalue weighted by molar-refractivity contribution is 7.90. The summed E-state index contributed by atoms with van der Waals surface area (Å²) in [5, 5.41) is 11.1. The molecule has 0 unspecified atom stereocenters. The predicted octanol–water partition coefficient (Wildman–Crippen LogP) is 2.95. The lowest BCUT2D eigenvalue weighted by atomic mass is 10.0. The molecule has 0 radical (unpaired) electrons. The van der Waals surface area contributed by atoms with Crippen LogP contribution in [-0.2, 0) is 22.8 Å². The van der Waals surface area contributed by atoms with Gasteiger partial charge in [-0.3, -0.25) is 10.1 Å². The number of aryl methyl sites for hydroxylation is 1. The molecule has 1 aliphatic heterocycles. The Morgan fingerprint density at radius 1 is 1.12 bits per heavy atom. The van der Waals surface area contributed by atoms with E-state index in [1.54, 1.807) is 6.07 Å². The summed E-state index contributed by atoms with van der Waals surface area (Å²) in [6, 6.07) is 12.5. The second-order valence-electron chi connectivity index (χ2n) is 5.98. The standard InChI is InChI=1S/C17H18N2O4S/c1-24(22,23)17-11-15(8-9-16(17)19(20)21)18-10-4-7-13-5-2-3-6-14(13)12-18/h2-3,5-6,8-9,11H,4,7,10,12H2,1H3. The average Bonchev–Trinajstić information content (AvgIpc) is 2.75. The maximum Gasteiger partial charge on any atom is 0.288 e. The molecule has 0 amide bonds. The molecule has 2 aromatic rings. The van der Waals surface area contributed by atoms with Gasteiger partial charge in [0.2, 0.25) is 0 Å². The summed E-state index contributed by atoms with van der Waals surface area (Å²) >= 11 is 0. The lowest BCUT2D eigenvalue weighted by Crippen LogP contribution is -2.22. The van der Waals surface area contributed by atoms with E-state index in [0.29, 0.717) is 12.2 Å². The van der Waals surface area contributed by atoms with Crippen LogP contribution >= 0.6 is 0 Å². The van der Waals surface area contributed by atoms with Gasteiger partial charge in [0, 0.05) is 31.1 Å². The molecule has 1 heterocycles. The minimum Gasteiger partial charge on any atom is -0.367 e. The van der Waals surface area contributed by atoms with Gasteiger partial charge in [-0.2, -0.15) is 0 Å². The zero-order valence-corrected chi connectivity index (χ0v) is 14.1. The van der Waals surface area contributed by atoms with Crippen molar-refractivity contribution >= 4 is 21.2 Å². The minimum absolute atomic E-state index is 0.234. The van der Waals surface area contributed by atoms with E-state index in [1.807, 2.05) is 12.1 Å². The molecular formula is C17H18N2O4S. The molecule has 0 saturated carbocycles. The molecule has 7 heteroatoms. The summed E-state index contributed by atoms with van der Waals surface area (Å²) in [6.45, 7) is 1.44. The van der Waals surface area contributed by atoms with Crippen molar-refractivity contribution in [2.75, 3.05) is 17.7 Å². The molecule has 0 spiro atoms. The van der Waals surface area contributed by atoms with Gasteiger partial charge in [-0.05, 0) is 36.1 Å². The fraction of sp³-hybridized carbons (Fsp3) is 0.294. The van der Waals surface area contributed by atoms with E-state index >= 15 is 0 Å². The largest absolute Gasteiger partial charge is 0.367 e. The second kappa shape index (κ2) is 6.24. The Morgan fingerprint density at radius 2 is 1.83 bits per heavy atom. The summed E-state index contributed by atoms with van der Waals surface area (Å²) in [4.78, 5) is 12.3. The summed E-state index contributed by atoms with van der Waals surface area (Å²) in [7, 11) is -3.68. The molecule has 0 bridgehead atoms. The van der Waals surface area contributed by atoms with Crippen molar-refractivity contribution in [3.05, 3.63) is 63.7 Å². The zero-order chi connectivity index (χ0) is 17.3. The average molecular weight is 346 g/mol. The molecule has 0 fully saturated rings. The molecule has 0 N–H and O–H groups in total. The summed E-state index contributed by atoms with van der Waals surface area (Å²) in [5.41, 5.74) is 2.81. The van der Waals surface area contributed by atoms with E-state index in [2.05, 4.69) is 17.0 Å². The molecule has 3 rings (SSSR count). The lowest BCUT2D eigenvalue weighted by molar-refractivity contribution is -0.387. The van der Waals surface area contributed by atoms with Crippen molar-refractivity contribution in [2.45, 2.75) is 24.3 Å². The number of nitro groups is 1. The first kappa shape index (κ1) is 16.4. The fourth-order valence-electron chi connectivity index (χ4n) is 3.07. The van der Waals surface area contributed by atoms with Crippen LogP contribution in [-0.4, -0.2) is 26.1 Å². The van der Waals surface area contributed by atoms with Gasteiger partial charge in [-0.1, -0.05) is 24.3 Å². The molecule has 1 aliphatic rings. The van der Waals surface area contributed by atoms with Gasteiger partial charge in [0.1, 0.15) is 4.90 Å². The normalized spacial score (nSPS) is 14.8. The summed E-state index contributed by atoms with van der Waals surface area (Å²) in [6.07, 6.45) is 2.91. The monoisotopic (exact) mass is 346 g/mol. The van der Waals surface area contributed by atoms with E-state index < -0.39 is 14.8 Å². The number of benzene rings is 2. The third kappa shape index (κ3) is 3.26. The number of nitro benzene ring substituents is 1. The quantitative estimate of drug-likeness (QED) is 0.630. The first-order valence-electron chi connectivity index (χ1n) is 7.66. The fourth-order valence-corrected chi connectivity index (χ4v) is 3.93. The Labute approximate surface area is 140 Å². The number of hydrogen-bond donors (Lipinski definition) is 0. The molecule has 126 valence electrons. The van der Waals surface area contributed by atoms with Gasteiger partial charge < -0.3 is 4.90 Å². The van der Waals surface area contributed by atoms with Crippen LogP contribution in [0.3, 0.4) is 0 Å². The molecular weight excluding hydrogens is 328 g/mol. The molecule has 24 heavy (non-hydrogen) atoms. The van der Waals surface area contributed by atoms with Crippen LogP contribution < -0.4 is 4.90 Å². The van der Waals surface area contributed by atoms with Crippen LogP contribution in [0.4, 0.5) is 11.4 Å². The molecule has 0 aliphatic carbocycles. The number of fused-ring (bicyclic) bond motifs is 1. The van der Waals surface area contributed by atoms with Crippen molar-refractivity contribution in [1.29, 1.82) is 0 Å². The van der Waals surface area contributed by atoms with Crippen molar-refractivity contribution < 1.29 is 13.3 Å². The van der Waals surface area contributed by atoms with Crippen molar-refractivity contribution in [3.8, 4) is 0 Å². The van der Waals surface area contributed by atoms with E-state index in [-0.39, 0.29) is 10.6 Å². The maximum atomic E-state index is 11.9. The van der Waals surface area contributed by atoms with E-state index in [9.17, 15) is 18.5 Å². The van der Waals surface area contributed by atoms with Crippen LogP contribution in [0, 0.1) is 10.1 Å². The number of sulfone groups is 1. The number of hydrogen-bond acceptors (Lipinski definition) is 5. The summed E-state index contributed by atoms with van der Waals surface area (Å²) in [5.74, 6) is 0. The van der Waals surface area contributed by atoms with Gasteiger partial charge in [-0.15, -0.1) is 0 Å². The SMILES string of the molecule is CS(=O)(=O)c1cc(N2CCCc3ccccc3C2)ccc1[N+](=O)[O-]. The molecule has 2 aromatic carbocycles. The Hall–Kier alpha value is -2.41. The zero-order valence-electron chi connectivity index (χ0n) is 13.3. The Balaban J connectivity index is 2.02. The third-order valence-electron chi connectivity index (χ3n) is 4.26. The Morgan fingerprint density at radius 3 is 2.50 bits per heavy atom. The highest BCUT2D eigenvalue weighted by Gasteiger charge is 2.24. The smallest absolute Gasteiger partial charge is 0.288 e. The first-order chi connectivity index (χ1) is 11.4. The second-order valence-corrected chi connectivity index (χ2v) is 7.96. The number of anilines is 1. The molecule has 6 nitrogen and oxygen atoms in total. The van der Waals surface area contributed by atoms with Crippen LogP contribution in [0.15, 0.2) is 47.4 Å². The molecule has 0 aromatic heterocycles. The van der Waals surface area contributed by atoms with E-state index in [0.717, 1.165) is 25.6 Å². The highest BCUT2D eigenvalue weighted by atomic mass is 32.2. The van der Waals surface area contributed by atoms with Gasteiger partial charge in [-0.25, -0.2) is 8.42 Å². The van der Waals surface area contributed by atoms with Crippen LogP contribution in [0.25, 0.3) is 0 Å². The maximum absolute atomic E-state index is 11.9. The summed E-state index contributed by atoms with van der Waals surface area (Å²) < 4.78 is 23.9. The van der Waals surface area contributed by atoms with Gasteiger partial charge in [0.05, 0.1) is 4.92 Å². The molecule has 0 atom stereocenters.